The third kappa shape index (κ3) is 7.82. The lowest BCUT2D eigenvalue weighted by Gasteiger charge is -2.26. The molecule has 3 rings (SSSR count). The van der Waals surface area contributed by atoms with Crippen molar-refractivity contribution >= 4 is 5.82 Å². The van der Waals surface area contributed by atoms with E-state index in [1.54, 1.807) is 29.1 Å². The Morgan fingerprint density at radius 3 is 2.57 bits per heavy atom. The van der Waals surface area contributed by atoms with Crippen molar-refractivity contribution in [2.24, 2.45) is 5.41 Å². The van der Waals surface area contributed by atoms with Gasteiger partial charge in [0.2, 0.25) is 5.88 Å². The molecule has 0 amide bonds. The summed E-state index contributed by atoms with van der Waals surface area (Å²) in [6.45, 7) is 7.19. The number of nitrogens with two attached hydrogens (primary N) is 1. The van der Waals surface area contributed by atoms with Crippen molar-refractivity contribution in [2.45, 2.75) is 52.1 Å². The number of nitrogens with one attached hydrogen (secondary N) is 1. The number of pyridine rings is 1. The first-order valence-electron chi connectivity index (χ1n) is 12.5. The van der Waals surface area contributed by atoms with Crippen molar-refractivity contribution in [3.05, 3.63) is 66.9 Å². The maximum atomic E-state index is 13.2. The van der Waals surface area contributed by atoms with Crippen LogP contribution in [0.5, 0.6) is 5.88 Å². The molecule has 37 heavy (non-hydrogen) atoms. The predicted octanol–water partition coefficient (Wildman–Crippen LogP) is 6.36. The summed E-state index contributed by atoms with van der Waals surface area (Å²) in [5.41, 5.74) is 7.48. The van der Waals surface area contributed by atoms with Crippen LogP contribution in [0.1, 0.15) is 45.1 Å². The monoisotopic (exact) mass is 515 g/mol. The number of hydrogen-bond donors (Lipinski definition) is 2. The Bertz CT molecular complexity index is 1160. The Morgan fingerprint density at radius 2 is 1.81 bits per heavy atom. The van der Waals surface area contributed by atoms with Gasteiger partial charge in [-0.25, -0.2) is 9.67 Å². The number of nitrogen functional groups attached to an aromatic ring is 1. The summed E-state index contributed by atoms with van der Waals surface area (Å²) in [7, 11) is 0. The van der Waals surface area contributed by atoms with Crippen LogP contribution in [0.4, 0.5) is 19.0 Å². The van der Waals surface area contributed by atoms with E-state index >= 15 is 0 Å². The van der Waals surface area contributed by atoms with Gasteiger partial charge in [-0.2, -0.15) is 13.2 Å². The number of unbranched alkanes of at least 4 members (excludes halogenated alkanes) is 3. The van der Waals surface area contributed by atoms with Gasteiger partial charge in [0.05, 0.1) is 16.8 Å². The minimum Gasteiger partial charge on any atom is -0.476 e. The molecular formula is C28H36F3N5O. The van der Waals surface area contributed by atoms with Crippen LogP contribution in [0, 0.1) is 5.41 Å². The molecule has 0 aliphatic heterocycles. The van der Waals surface area contributed by atoms with Crippen LogP contribution in [-0.4, -0.2) is 40.6 Å². The Morgan fingerprint density at radius 1 is 1.05 bits per heavy atom. The van der Waals surface area contributed by atoms with Gasteiger partial charge >= 0.3 is 6.18 Å². The highest BCUT2D eigenvalue weighted by Gasteiger charge is 2.48. The molecule has 0 aliphatic rings. The highest BCUT2D eigenvalue weighted by molar-refractivity contribution is 5.73. The van der Waals surface area contributed by atoms with Gasteiger partial charge in [0, 0.05) is 24.4 Å². The first-order valence-corrected chi connectivity index (χ1v) is 12.5. The number of aromatic nitrogens is 3. The quantitative estimate of drug-likeness (QED) is 0.193. The molecule has 9 heteroatoms. The summed E-state index contributed by atoms with van der Waals surface area (Å²) < 4.78 is 46.5. The number of rotatable bonds is 14. The molecule has 0 aliphatic carbocycles. The van der Waals surface area contributed by atoms with Gasteiger partial charge in [-0.3, -0.25) is 0 Å². The van der Waals surface area contributed by atoms with E-state index in [0.29, 0.717) is 17.2 Å². The van der Waals surface area contributed by atoms with E-state index < -0.39 is 18.2 Å². The van der Waals surface area contributed by atoms with E-state index in [1.807, 2.05) is 24.3 Å². The van der Waals surface area contributed by atoms with Crippen molar-refractivity contribution in [3.8, 4) is 22.8 Å². The highest BCUT2D eigenvalue weighted by atomic mass is 19.4. The number of alkyl halides is 3. The second-order valence-corrected chi connectivity index (χ2v) is 9.69. The van der Waals surface area contributed by atoms with Crippen molar-refractivity contribution < 1.29 is 17.9 Å². The number of hydrogen-bond acceptors (Lipinski definition) is 5. The first-order chi connectivity index (χ1) is 17.6. The van der Waals surface area contributed by atoms with Crippen LogP contribution in [0.25, 0.3) is 16.9 Å². The Kier molecular flexibility index (Phi) is 9.74. The zero-order chi connectivity index (χ0) is 26.9. The van der Waals surface area contributed by atoms with Gasteiger partial charge in [-0.15, -0.1) is 11.7 Å². The Labute approximate surface area is 216 Å². The lowest BCUT2D eigenvalue weighted by Crippen LogP contribution is -2.37. The third-order valence-electron chi connectivity index (χ3n) is 6.17. The molecule has 3 N–H and O–H groups in total. The fourth-order valence-corrected chi connectivity index (χ4v) is 3.80. The van der Waals surface area contributed by atoms with Crippen molar-refractivity contribution in [1.82, 2.24) is 20.1 Å². The van der Waals surface area contributed by atoms with Crippen molar-refractivity contribution in [2.75, 3.05) is 25.4 Å². The number of ether oxygens (including phenoxy) is 1. The minimum atomic E-state index is -4.38. The summed E-state index contributed by atoms with van der Waals surface area (Å²) in [6.07, 6.45) is 4.47. The summed E-state index contributed by atoms with van der Waals surface area (Å²) >= 11 is 0. The SMILES string of the molecule is C=CCNCCCCCCc1ccccc1-c1nc(N)ccc1-n1ccc(OCC(C)(C)C(F)(F)F)n1. The predicted molar refractivity (Wildman–Crippen MR) is 142 cm³/mol. The normalized spacial score (nSPS) is 12.0. The summed E-state index contributed by atoms with van der Waals surface area (Å²) in [5.74, 6) is 0.479. The van der Waals surface area contributed by atoms with E-state index in [-0.39, 0.29) is 5.88 Å². The average Bonchev–Trinajstić information content (AvgIpc) is 3.33. The van der Waals surface area contributed by atoms with Gasteiger partial charge < -0.3 is 15.8 Å². The number of nitrogens with zero attached hydrogens (tertiary/aromatic N) is 3. The first kappa shape index (κ1) is 28.2. The Balaban J connectivity index is 1.74. The van der Waals surface area contributed by atoms with E-state index in [1.165, 1.54) is 0 Å². The fraction of sp³-hybridized carbons (Fsp3) is 0.429. The topological polar surface area (TPSA) is 78.0 Å². The van der Waals surface area contributed by atoms with Crippen LogP contribution in [0.2, 0.25) is 0 Å². The van der Waals surface area contributed by atoms with Crippen LogP contribution in [-0.2, 0) is 6.42 Å². The van der Waals surface area contributed by atoms with Crippen LogP contribution in [0.3, 0.4) is 0 Å². The van der Waals surface area contributed by atoms with Crippen LogP contribution in [0.15, 0.2) is 61.3 Å². The van der Waals surface area contributed by atoms with Gasteiger partial charge in [-0.05, 0) is 57.4 Å². The van der Waals surface area contributed by atoms with Gasteiger partial charge in [0.25, 0.3) is 0 Å². The molecule has 0 radical (unpaired) electrons. The third-order valence-corrected chi connectivity index (χ3v) is 6.17. The zero-order valence-corrected chi connectivity index (χ0v) is 21.5. The lowest BCUT2D eigenvalue weighted by atomic mass is 9.94. The molecule has 1 aromatic carbocycles. The number of aryl methyl sites for hydroxylation is 1. The molecular weight excluding hydrogens is 479 g/mol. The number of anilines is 1. The molecule has 0 saturated carbocycles. The molecule has 0 unspecified atom stereocenters. The standard InChI is InChI=1S/C28H36F3N5O/c1-4-17-33-18-10-6-5-7-11-21-12-8-9-13-22(21)26-23(14-15-24(32)34-26)36-19-16-25(35-36)37-20-27(2,3)28(29,30)31/h4,8-9,12-16,19,33H,1,5-7,10-11,17-18,20H2,2-3H3,(H2,32,34). The molecule has 2 heterocycles. The molecule has 6 nitrogen and oxygen atoms in total. The maximum absolute atomic E-state index is 13.2. The Hall–Kier alpha value is -3.33. The van der Waals surface area contributed by atoms with Gasteiger partial charge in [0.15, 0.2) is 0 Å². The van der Waals surface area contributed by atoms with Crippen LogP contribution < -0.4 is 15.8 Å². The molecule has 0 fully saturated rings. The fourth-order valence-electron chi connectivity index (χ4n) is 3.80. The molecule has 3 aromatic rings. The maximum Gasteiger partial charge on any atom is 0.397 e. The molecule has 2 aromatic heterocycles. The molecule has 200 valence electrons. The summed E-state index contributed by atoms with van der Waals surface area (Å²) in [4.78, 5) is 4.60. The molecule has 0 saturated heterocycles. The molecule has 0 bridgehead atoms. The molecule has 0 spiro atoms. The largest absolute Gasteiger partial charge is 0.476 e. The second-order valence-electron chi connectivity index (χ2n) is 9.69. The summed E-state index contributed by atoms with van der Waals surface area (Å²) in [5, 5.41) is 7.68. The van der Waals surface area contributed by atoms with E-state index in [9.17, 15) is 13.2 Å². The smallest absolute Gasteiger partial charge is 0.397 e. The average molecular weight is 516 g/mol. The summed E-state index contributed by atoms with van der Waals surface area (Å²) in [6, 6.07) is 13.1. The number of benzene rings is 1. The van der Waals surface area contributed by atoms with Gasteiger partial charge in [-0.1, -0.05) is 43.2 Å². The molecule has 0 atom stereocenters. The van der Waals surface area contributed by atoms with E-state index in [0.717, 1.165) is 70.2 Å². The lowest BCUT2D eigenvalue weighted by molar-refractivity contribution is -0.219. The second kappa shape index (κ2) is 12.8. The van der Waals surface area contributed by atoms with Crippen molar-refractivity contribution in [1.29, 1.82) is 0 Å². The van der Waals surface area contributed by atoms with E-state index in [2.05, 4.69) is 28.0 Å². The number of halogens is 3. The van der Waals surface area contributed by atoms with E-state index in [4.69, 9.17) is 10.5 Å². The van der Waals surface area contributed by atoms with Crippen LogP contribution >= 0.6 is 0 Å². The zero-order valence-electron chi connectivity index (χ0n) is 21.5. The highest BCUT2D eigenvalue weighted by Crippen LogP contribution is 2.38. The van der Waals surface area contributed by atoms with Gasteiger partial charge in [0.1, 0.15) is 12.4 Å². The van der Waals surface area contributed by atoms with Crippen molar-refractivity contribution in [3.63, 3.8) is 0 Å². The minimum absolute atomic E-state index is 0.107.